The van der Waals surface area contributed by atoms with E-state index in [0.717, 1.165) is 11.6 Å². The van der Waals surface area contributed by atoms with Crippen molar-refractivity contribution in [1.82, 2.24) is 0 Å². The zero-order valence-corrected chi connectivity index (χ0v) is 12.4. The van der Waals surface area contributed by atoms with Gasteiger partial charge >= 0.3 is 0 Å². The van der Waals surface area contributed by atoms with E-state index in [-0.39, 0.29) is 5.41 Å². The first-order chi connectivity index (χ1) is 8.47. The summed E-state index contributed by atoms with van der Waals surface area (Å²) in [7, 11) is 0. The van der Waals surface area contributed by atoms with Crippen LogP contribution in [0.3, 0.4) is 0 Å². The molecule has 1 fully saturated rings. The van der Waals surface area contributed by atoms with Crippen LogP contribution in [0.2, 0.25) is 5.02 Å². The molecule has 0 unspecified atom stereocenters. The Bertz CT molecular complexity index is 402. The monoisotopic (exact) mass is 266 g/mol. The molecule has 2 heteroatoms. The van der Waals surface area contributed by atoms with E-state index in [4.69, 9.17) is 16.3 Å². The Labute approximate surface area is 115 Å². The zero-order chi connectivity index (χ0) is 13.2. The first-order valence-electron chi connectivity index (χ1n) is 6.82. The fraction of sp³-hybridized carbons (Fsp3) is 0.625. The van der Waals surface area contributed by atoms with Crippen molar-refractivity contribution in [1.29, 1.82) is 0 Å². The summed E-state index contributed by atoms with van der Waals surface area (Å²) in [5.41, 5.74) is 2.81. The Kier molecular flexibility index (Phi) is 4.34. The molecule has 0 radical (unpaired) electrons. The van der Waals surface area contributed by atoms with Crippen LogP contribution in [-0.2, 0) is 11.3 Å². The number of benzene rings is 1. The van der Waals surface area contributed by atoms with Crippen LogP contribution in [-0.4, -0.2) is 6.61 Å². The van der Waals surface area contributed by atoms with Gasteiger partial charge < -0.3 is 4.74 Å². The van der Waals surface area contributed by atoms with Crippen LogP contribution in [0, 0.1) is 5.41 Å². The lowest BCUT2D eigenvalue weighted by molar-refractivity contribution is 0.0592. The Morgan fingerprint density at radius 1 is 1.28 bits per heavy atom. The van der Waals surface area contributed by atoms with Gasteiger partial charge in [-0.15, -0.1) is 0 Å². The molecule has 0 heterocycles. The van der Waals surface area contributed by atoms with Gasteiger partial charge in [-0.2, -0.15) is 0 Å². The average Bonchev–Trinajstić information content (AvgIpc) is 2.17. The fourth-order valence-corrected chi connectivity index (χ4v) is 2.53. The van der Waals surface area contributed by atoms with E-state index in [9.17, 15) is 0 Å². The van der Waals surface area contributed by atoms with Crippen molar-refractivity contribution in [3.63, 3.8) is 0 Å². The highest BCUT2D eigenvalue weighted by Gasteiger charge is 2.23. The van der Waals surface area contributed by atoms with Gasteiger partial charge in [-0.05, 0) is 41.4 Å². The van der Waals surface area contributed by atoms with Crippen LogP contribution < -0.4 is 0 Å². The Balaban J connectivity index is 2.06. The molecule has 0 aliphatic heterocycles. The smallest absolute Gasteiger partial charge is 0.0734 e. The van der Waals surface area contributed by atoms with Crippen LogP contribution in [0.1, 0.15) is 57.1 Å². The summed E-state index contributed by atoms with van der Waals surface area (Å²) >= 11 is 6.32. The molecule has 1 aliphatic carbocycles. The fourth-order valence-electron chi connectivity index (χ4n) is 2.29. The number of rotatable bonds is 4. The van der Waals surface area contributed by atoms with Gasteiger partial charge in [0.2, 0.25) is 0 Å². The lowest BCUT2D eigenvalue weighted by Gasteiger charge is -2.28. The molecule has 1 aliphatic rings. The molecule has 0 bridgehead atoms. The molecule has 0 aromatic heterocycles. The van der Waals surface area contributed by atoms with Gasteiger partial charge in [0.15, 0.2) is 0 Å². The molecule has 2 rings (SSSR count). The van der Waals surface area contributed by atoms with E-state index in [1.165, 1.54) is 30.4 Å². The second-order valence-electron chi connectivity index (χ2n) is 6.49. The highest BCUT2D eigenvalue weighted by atomic mass is 35.5. The van der Waals surface area contributed by atoms with Crippen molar-refractivity contribution in [2.45, 2.75) is 52.6 Å². The van der Waals surface area contributed by atoms with Gasteiger partial charge in [0, 0.05) is 5.02 Å². The maximum Gasteiger partial charge on any atom is 0.0734 e. The van der Waals surface area contributed by atoms with Gasteiger partial charge in [-0.3, -0.25) is 0 Å². The first kappa shape index (κ1) is 13.9. The molecular formula is C16H23ClO. The largest absolute Gasteiger partial charge is 0.376 e. The third-order valence-electron chi connectivity index (χ3n) is 3.48. The molecule has 18 heavy (non-hydrogen) atoms. The molecule has 1 aromatic rings. The molecule has 1 nitrogen and oxygen atoms in total. The topological polar surface area (TPSA) is 9.23 Å². The third kappa shape index (κ3) is 3.49. The molecule has 0 atom stereocenters. The predicted molar refractivity (Wildman–Crippen MR) is 77.2 cm³/mol. The van der Waals surface area contributed by atoms with Crippen LogP contribution in [0.4, 0.5) is 0 Å². The van der Waals surface area contributed by atoms with Gasteiger partial charge in [-0.25, -0.2) is 0 Å². The molecule has 1 aromatic carbocycles. The van der Waals surface area contributed by atoms with Crippen molar-refractivity contribution in [2.75, 3.05) is 6.61 Å². The van der Waals surface area contributed by atoms with Gasteiger partial charge in [0.1, 0.15) is 0 Å². The number of ether oxygens (including phenoxy) is 1. The number of hydrogen-bond acceptors (Lipinski definition) is 1. The quantitative estimate of drug-likeness (QED) is 0.730. The van der Waals surface area contributed by atoms with E-state index in [1.54, 1.807) is 0 Å². The SMILES string of the molecule is CC(C)(C)COCc1c(Cl)cccc1C1CCC1. The molecule has 100 valence electrons. The second kappa shape index (κ2) is 5.63. The summed E-state index contributed by atoms with van der Waals surface area (Å²) in [4.78, 5) is 0. The van der Waals surface area contributed by atoms with Crippen LogP contribution in [0.15, 0.2) is 18.2 Å². The highest BCUT2D eigenvalue weighted by molar-refractivity contribution is 6.31. The number of halogens is 1. The maximum absolute atomic E-state index is 6.32. The molecule has 1 saturated carbocycles. The minimum atomic E-state index is 0.206. The predicted octanol–water partition coefficient (Wildman–Crippen LogP) is 5.17. The Morgan fingerprint density at radius 3 is 2.56 bits per heavy atom. The average molecular weight is 267 g/mol. The lowest BCUT2D eigenvalue weighted by Crippen LogP contribution is -2.16. The normalized spacial score (nSPS) is 16.7. The zero-order valence-electron chi connectivity index (χ0n) is 11.6. The Hall–Kier alpha value is -0.530. The van der Waals surface area contributed by atoms with E-state index < -0.39 is 0 Å². The molecular weight excluding hydrogens is 244 g/mol. The summed E-state index contributed by atoms with van der Waals surface area (Å²) in [5.74, 6) is 0.705. The van der Waals surface area contributed by atoms with E-state index in [0.29, 0.717) is 12.5 Å². The van der Waals surface area contributed by atoms with Gasteiger partial charge in [-0.1, -0.05) is 50.9 Å². The van der Waals surface area contributed by atoms with Gasteiger partial charge in [0.05, 0.1) is 13.2 Å². The van der Waals surface area contributed by atoms with Crippen molar-refractivity contribution in [3.8, 4) is 0 Å². The van der Waals surface area contributed by atoms with E-state index in [1.807, 2.05) is 6.07 Å². The van der Waals surface area contributed by atoms with Crippen LogP contribution >= 0.6 is 11.6 Å². The summed E-state index contributed by atoms with van der Waals surface area (Å²) in [6.45, 7) is 7.97. The molecule has 0 N–H and O–H groups in total. The number of hydrogen-bond donors (Lipinski definition) is 0. The molecule has 0 spiro atoms. The van der Waals surface area contributed by atoms with Crippen molar-refractivity contribution in [2.24, 2.45) is 5.41 Å². The lowest BCUT2D eigenvalue weighted by atomic mass is 9.78. The minimum absolute atomic E-state index is 0.206. The summed E-state index contributed by atoms with van der Waals surface area (Å²) in [5, 5.41) is 0.855. The molecule has 0 saturated heterocycles. The second-order valence-corrected chi connectivity index (χ2v) is 6.90. The summed E-state index contributed by atoms with van der Waals surface area (Å²) in [6, 6.07) is 6.24. The summed E-state index contributed by atoms with van der Waals surface area (Å²) < 4.78 is 5.84. The van der Waals surface area contributed by atoms with E-state index in [2.05, 4.69) is 32.9 Å². The van der Waals surface area contributed by atoms with Crippen LogP contribution in [0.25, 0.3) is 0 Å². The van der Waals surface area contributed by atoms with E-state index >= 15 is 0 Å². The van der Waals surface area contributed by atoms with Crippen molar-refractivity contribution < 1.29 is 4.74 Å². The minimum Gasteiger partial charge on any atom is -0.376 e. The maximum atomic E-state index is 6.32. The summed E-state index contributed by atoms with van der Waals surface area (Å²) in [6.07, 6.45) is 3.94. The van der Waals surface area contributed by atoms with Crippen LogP contribution in [0.5, 0.6) is 0 Å². The molecule has 0 amide bonds. The first-order valence-corrected chi connectivity index (χ1v) is 7.20. The van der Waals surface area contributed by atoms with Crippen molar-refractivity contribution in [3.05, 3.63) is 34.3 Å². The third-order valence-corrected chi connectivity index (χ3v) is 3.84. The standard InChI is InChI=1S/C16H23ClO/c1-16(2,3)11-18-10-14-13(12-6-4-7-12)8-5-9-15(14)17/h5,8-9,12H,4,6-7,10-11H2,1-3H3. The highest BCUT2D eigenvalue weighted by Crippen LogP contribution is 2.40. The van der Waals surface area contributed by atoms with Crippen molar-refractivity contribution >= 4 is 11.6 Å². The van der Waals surface area contributed by atoms with Gasteiger partial charge in [0.25, 0.3) is 0 Å². The Morgan fingerprint density at radius 2 is 2.00 bits per heavy atom.